The first-order valence-electron chi connectivity index (χ1n) is 7.75. The Kier molecular flexibility index (Phi) is 5.13. The van der Waals surface area contributed by atoms with E-state index in [0.29, 0.717) is 36.9 Å². The second-order valence-corrected chi connectivity index (χ2v) is 6.55. The average molecular weight is 320 g/mol. The van der Waals surface area contributed by atoms with Crippen molar-refractivity contribution in [1.82, 2.24) is 5.32 Å². The van der Waals surface area contributed by atoms with Crippen molar-refractivity contribution in [2.45, 2.75) is 39.7 Å². The number of benzene rings is 1. The number of anilines is 1. The molecule has 0 fully saturated rings. The molecule has 126 valence electrons. The smallest absolute Gasteiger partial charge is 0.223 e. The fourth-order valence-corrected chi connectivity index (χ4v) is 2.36. The molecule has 1 N–H and O–H groups in total. The minimum Gasteiger partial charge on any atom is -0.486 e. The Morgan fingerprint density at radius 1 is 1.17 bits per heavy atom. The predicted octanol–water partition coefficient (Wildman–Crippen LogP) is 2.12. The molecule has 0 atom stereocenters. The Morgan fingerprint density at radius 3 is 2.43 bits per heavy atom. The summed E-state index contributed by atoms with van der Waals surface area (Å²) in [5, 5.41) is 2.89. The zero-order chi connectivity index (χ0) is 17.0. The van der Waals surface area contributed by atoms with Crippen LogP contribution in [0.4, 0.5) is 5.69 Å². The summed E-state index contributed by atoms with van der Waals surface area (Å²) in [4.78, 5) is 25.5. The van der Waals surface area contributed by atoms with E-state index in [1.165, 1.54) is 6.92 Å². The van der Waals surface area contributed by atoms with Crippen LogP contribution >= 0.6 is 0 Å². The summed E-state index contributed by atoms with van der Waals surface area (Å²) >= 11 is 0. The molecule has 2 amide bonds. The lowest BCUT2D eigenvalue weighted by molar-refractivity contribution is -0.122. The van der Waals surface area contributed by atoms with Crippen LogP contribution < -0.4 is 19.7 Å². The van der Waals surface area contributed by atoms with E-state index in [2.05, 4.69) is 5.32 Å². The van der Waals surface area contributed by atoms with Crippen molar-refractivity contribution >= 4 is 17.5 Å². The molecule has 1 aromatic rings. The molecule has 1 aromatic carbocycles. The van der Waals surface area contributed by atoms with Crippen molar-refractivity contribution < 1.29 is 19.1 Å². The van der Waals surface area contributed by atoms with Crippen molar-refractivity contribution in [3.8, 4) is 11.5 Å². The third kappa shape index (κ3) is 4.87. The maximum atomic E-state index is 12.0. The summed E-state index contributed by atoms with van der Waals surface area (Å²) in [6, 6.07) is 5.36. The lowest BCUT2D eigenvalue weighted by Crippen LogP contribution is -2.42. The normalized spacial score (nSPS) is 13.4. The van der Waals surface area contributed by atoms with Crippen molar-refractivity contribution in [2.75, 3.05) is 24.7 Å². The van der Waals surface area contributed by atoms with Gasteiger partial charge in [0.2, 0.25) is 11.8 Å². The molecule has 0 spiro atoms. The van der Waals surface area contributed by atoms with Gasteiger partial charge in [0, 0.05) is 37.2 Å². The summed E-state index contributed by atoms with van der Waals surface area (Å²) in [6.07, 6.45) is 0.241. The summed E-state index contributed by atoms with van der Waals surface area (Å²) in [5.74, 6) is 1.10. The number of carbonyl (C=O) groups excluding carboxylic acids is 2. The van der Waals surface area contributed by atoms with Crippen LogP contribution in [0.5, 0.6) is 11.5 Å². The topological polar surface area (TPSA) is 67.9 Å². The Labute approximate surface area is 136 Å². The Bertz CT molecular complexity index is 593. The molecule has 23 heavy (non-hydrogen) atoms. The molecule has 1 aliphatic rings. The molecule has 0 aliphatic carbocycles. The van der Waals surface area contributed by atoms with Crippen molar-refractivity contribution in [1.29, 1.82) is 0 Å². The number of ether oxygens (including phenoxy) is 2. The first-order chi connectivity index (χ1) is 10.8. The summed E-state index contributed by atoms with van der Waals surface area (Å²) in [7, 11) is 0. The van der Waals surface area contributed by atoms with Gasteiger partial charge in [-0.05, 0) is 32.9 Å². The summed E-state index contributed by atoms with van der Waals surface area (Å²) in [5.41, 5.74) is 0.417. The minimum atomic E-state index is -0.283. The standard InChI is InChI=1S/C17H24N2O4/c1-12(20)19(8-7-16(21)18-17(2,3)4)13-5-6-14-15(11-13)23-10-9-22-14/h5-6,11H,7-10H2,1-4H3,(H,18,21). The van der Waals surface area contributed by atoms with E-state index in [4.69, 9.17) is 9.47 Å². The average Bonchev–Trinajstić information content (AvgIpc) is 2.45. The number of amides is 2. The summed E-state index contributed by atoms with van der Waals surface area (Å²) < 4.78 is 11.0. The van der Waals surface area contributed by atoms with E-state index < -0.39 is 0 Å². The van der Waals surface area contributed by atoms with Gasteiger partial charge in [0.1, 0.15) is 13.2 Å². The quantitative estimate of drug-likeness (QED) is 0.922. The maximum Gasteiger partial charge on any atom is 0.223 e. The van der Waals surface area contributed by atoms with Gasteiger partial charge in [-0.3, -0.25) is 9.59 Å². The lowest BCUT2D eigenvalue weighted by Gasteiger charge is -2.25. The number of hydrogen-bond donors (Lipinski definition) is 1. The molecule has 1 aliphatic heterocycles. The molecular formula is C17H24N2O4. The second kappa shape index (κ2) is 6.89. The van der Waals surface area contributed by atoms with Crippen molar-refractivity contribution in [2.24, 2.45) is 0 Å². The minimum absolute atomic E-state index is 0.0821. The number of fused-ring (bicyclic) bond motifs is 1. The van der Waals surface area contributed by atoms with E-state index in [0.717, 1.165) is 0 Å². The molecule has 6 nitrogen and oxygen atoms in total. The van der Waals surface area contributed by atoms with Crippen LogP contribution in [-0.2, 0) is 9.59 Å². The fraction of sp³-hybridized carbons (Fsp3) is 0.529. The second-order valence-electron chi connectivity index (χ2n) is 6.55. The van der Waals surface area contributed by atoms with Gasteiger partial charge < -0.3 is 19.7 Å². The SMILES string of the molecule is CC(=O)N(CCC(=O)NC(C)(C)C)c1ccc2c(c1)OCCO2. The Balaban J connectivity index is 2.07. The molecule has 0 saturated carbocycles. The number of nitrogens with one attached hydrogen (secondary N) is 1. The highest BCUT2D eigenvalue weighted by molar-refractivity contribution is 5.92. The van der Waals surface area contributed by atoms with Gasteiger partial charge in [-0.25, -0.2) is 0 Å². The Hall–Kier alpha value is -2.24. The number of nitrogens with zero attached hydrogens (tertiary/aromatic N) is 1. The number of carbonyl (C=O) groups is 2. The monoisotopic (exact) mass is 320 g/mol. The van der Waals surface area contributed by atoms with Gasteiger partial charge in [-0.2, -0.15) is 0 Å². The molecule has 0 radical (unpaired) electrons. The fourth-order valence-electron chi connectivity index (χ4n) is 2.36. The molecular weight excluding hydrogens is 296 g/mol. The first-order valence-corrected chi connectivity index (χ1v) is 7.75. The van der Waals surface area contributed by atoms with Gasteiger partial charge in [0.15, 0.2) is 11.5 Å². The van der Waals surface area contributed by atoms with E-state index in [1.807, 2.05) is 20.8 Å². The van der Waals surface area contributed by atoms with Gasteiger partial charge in [-0.1, -0.05) is 0 Å². The van der Waals surface area contributed by atoms with Crippen LogP contribution in [0.25, 0.3) is 0 Å². The van der Waals surface area contributed by atoms with Gasteiger partial charge >= 0.3 is 0 Å². The maximum absolute atomic E-state index is 12.0. The highest BCUT2D eigenvalue weighted by Gasteiger charge is 2.19. The molecule has 6 heteroatoms. The lowest BCUT2D eigenvalue weighted by atomic mass is 10.1. The van der Waals surface area contributed by atoms with Crippen molar-refractivity contribution in [3.63, 3.8) is 0 Å². The van der Waals surface area contributed by atoms with E-state index in [9.17, 15) is 9.59 Å². The predicted molar refractivity (Wildman–Crippen MR) is 88.0 cm³/mol. The van der Waals surface area contributed by atoms with Crippen LogP contribution in [0.1, 0.15) is 34.1 Å². The highest BCUT2D eigenvalue weighted by atomic mass is 16.6. The third-order valence-corrected chi connectivity index (χ3v) is 3.29. The first kappa shape index (κ1) is 17.1. The zero-order valence-corrected chi connectivity index (χ0v) is 14.1. The van der Waals surface area contributed by atoms with Crippen LogP contribution in [0.2, 0.25) is 0 Å². The van der Waals surface area contributed by atoms with Crippen LogP contribution in [0.15, 0.2) is 18.2 Å². The van der Waals surface area contributed by atoms with Crippen molar-refractivity contribution in [3.05, 3.63) is 18.2 Å². The number of rotatable bonds is 4. The number of hydrogen-bond acceptors (Lipinski definition) is 4. The summed E-state index contributed by atoms with van der Waals surface area (Å²) in [6.45, 7) is 8.59. The van der Waals surface area contributed by atoms with E-state index in [1.54, 1.807) is 23.1 Å². The molecule has 0 bridgehead atoms. The molecule has 1 heterocycles. The highest BCUT2D eigenvalue weighted by Crippen LogP contribution is 2.34. The molecule has 0 saturated heterocycles. The van der Waals surface area contributed by atoms with E-state index >= 15 is 0 Å². The van der Waals surface area contributed by atoms with Gasteiger partial charge in [-0.15, -0.1) is 0 Å². The van der Waals surface area contributed by atoms with E-state index in [-0.39, 0.29) is 23.8 Å². The Morgan fingerprint density at radius 2 is 1.83 bits per heavy atom. The molecule has 2 rings (SSSR count). The van der Waals surface area contributed by atoms with Gasteiger partial charge in [0.05, 0.1) is 0 Å². The van der Waals surface area contributed by atoms with Crippen LogP contribution in [-0.4, -0.2) is 37.1 Å². The zero-order valence-electron chi connectivity index (χ0n) is 14.1. The van der Waals surface area contributed by atoms with Crippen LogP contribution in [0, 0.1) is 0 Å². The molecule has 0 aromatic heterocycles. The third-order valence-electron chi connectivity index (χ3n) is 3.29. The molecule has 0 unspecified atom stereocenters. The largest absolute Gasteiger partial charge is 0.486 e. The van der Waals surface area contributed by atoms with Crippen LogP contribution in [0.3, 0.4) is 0 Å². The van der Waals surface area contributed by atoms with Gasteiger partial charge in [0.25, 0.3) is 0 Å².